The van der Waals surface area contributed by atoms with Crippen molar-refractivity contribution >= 4 is 17.3 Å². The van der Waals surface area contributed by atoms with E-state index in [9.17, 15) is 4.79 Å². The molecule has 2 saturated heterocycles. The maximum atomic E-state index is 12.1. The molecule has 2 aliphatic rings. The molecular weight excluding hydrogens is 252 g/mol. The van der Waals surface area contributed by atoms with E-state index < -0.39 is 0 Å². The lowest BCUT2D eigenvalue weighted by Gasteiger charge is -2.38. The first-order valence-electron chi connectivity index (χ1n) is 7.25. The molecule has 108 valence electrons. The number of likely N-dealkylation sites (tertiary alicyclic amines) is 1. The van der Waals surface area contributed by atoms with Crippen LogP contribution < -0.4 is 10.6 Å². The van der Waals surface area contributed by atoms with Gasteiger partial charge in [0, 0.05) is 39.8 Å². The summed E-state index contributed by atoms with van der Waals surface area (Å²) in [5.74, 6) is 0.276. The molecule has 5 nitrogen and oxygen atoms in total. The van der Waals surface area contributed by atoms with Gasteiger partial charge < -0.3 is 15.5 Å². The van der Waals surface area contributed by atoms with E-state index in [1.807, 2.05) is 30.1 Å². The Kier molecular flexibility index (Phi) is 3.53. The lowest BCUT2D eigenvalue weighted by Crippen LogP contribution is -2.52. The maximum absolute atomic E-state index is 12.1. The number of nitrogens with zero attached hydrogens (tertiary/aromatic N) is 3. The van der Waals surface area contributed by atoms with Crippen LogP contribution in [-0.4, -0.2) is 61.5 Å². The van der Waals surface area contributed by atoms with E-state index in [2.05, 4.69) is 15.9 Å². The maximum Gasteiger partial charge on any atom is 0.239 e. The minimum atomic E-state index is 0.0928. The lowest BCUT2D eigenvalue weighted by atomic mass is 10.1. The lowest BCUT2D eigenvalue weighted by molar-refractivity contribution is -0.131. The number of nitrogen functional groups attached to an aromatic ring is 1. The van der Waals surface area contributed by atoms with Crippen molar-refractivity contribution in [3.8, 4) is 0 Å². The van der Waals surface area contributed by atoms with Crippen molar-refractivity contribution < 1.29 is 4.79 Å². The third kappa shape index (κ3) is 2.33. The first-order valence-corrected chi connectivity index (χ1v) is 7.25. The van der Waals surface area contributed by atoms with Gasteiger partial charge in [0.05, 0.1) is 17.4 Å². The van der Waals surface area contributed by atoms with Crippen molar-refractivity contribution in [2.75, 3.05) is 50.4 Å². The zero-order valence-corrected chi connectivity index (χ0v) is 12.0. The molecule has 2 aliphatic heterocycles. The van der Waals surface area contributed by atoms with E-state index in [0.717, 1.165) is 50.5 Å². The van der Waals surface area contributed by atoms with E-state index in [0.29, 0.717) is 0 Å². The molecule has 1 aromatic rings. The Bertz CT molecular complexity index is 496. The van der Waals surface area contributed by atoms with Gasteiger partial charge in [-0.2, -0.15) is 0 Å². The van der Waals surface area contributed by atoms with Gasteiger partial charge in [-0.15, -0.1) is 0 Å². The fraction of sp³-hybridized carbons (Fsp3) is 0.533. The van der Waals surface area contributed by atoms with Crippen LogP contribution in [0.1, 0.15) is 6.42 Å². The van der Waals surface area contributed by atoms with Crippen LogP contribution in [0.5, 0.6) is 0 Å². The summed E-state index contributed by atoms with van der Waals surface area (Å²) < 4.78 is 0. The van der Waals surface area contributed by atoms with Gasteiger partial charge in [-0.05, 0) is 18.6 Å². The second-order valence-corrected chi connectivity index (χ2v) is 5.65. The zero-order valence-electron chi connectivity index (χ0n) is 12.0. The number of rotatable bonds is 2. The number of benzene rings is 1. The molecule has 1 unspecified atom stereocenters. The number of hydrogen-bond donors (Lipinski definition) is 1. The van der Waals surface area contributed by atoms with Crippen LogP contribution in [0.25, 0.3) is 0 Å². The van der Waals surface area contributed by atoms with Crippen LogP contribution in [0.3, 0.4) is 0 Å². The average Bonchev–Trinajstić information content (AvgIpc) is 2.80. The van der Waals surface area contributed by atoms with Gasteiger partial charge in [0.15, 0.2) is 0 Å². The summed E-state index contributed by atoms with van der Waals surface area (Å²) in [6.07, 6.45) is 0.961. The Morgan fingerprint density at radius 1 is 1.10 bits per heavy atom. The normalized spacial score (nSPS) is 24.4. The molecule has 1 atom stereocenters. The average molecular weight is 274 g/mol. The van der Waals surface area contributed by atoms with Crippen molar-refractivity contribution in [3.63, 3.8) is 0 Å². The van der Waals surface area contributed by atoms with Crippen molar-refractivity contribution in [1.82, 2.24) is 9.80 Å². The monoisotopic (exact) mass is 274 g/mol. The first-order chi connectivity index (χ1) is 9.66. The van der Waals surface area contributed by atoms with Crippen LogP contribution in [0.15, 0.2) is 24.3 Å². The van der Waals surface area contributed by atoms with Crippen molar-refractivity contribution in [3.05, 3.63) is 24.3 Å². The van der Waals surface area contributed by atoms with Crippen LogP contribution in [0.2, 0.25) is 0 Å². The van der Waals surface area contributed by atoms with E-state index in [1.54, 1.807) is 0 Å². The quantitative estimate of drug-likeness (QED) is 0.803. The Labute approximate surface area is 119 Å². The number of hydrogen-bond acceptors (Lipinski definition) is 4. The highest BCUT2D eigenvalue weighted by Crippen LogP contribution is 2.25. The summed E-state index contributed by atoms with van der Waals surface area (Å²) in [4.78, 5) is 18.5. The SMILES string of the molecule is CN1CCC(N2CCN(c3ccccc3N)CC2)C1=O. The largest absolute Gasteiger partial charge is 0.397 e. The standard InChI is InChI=1S/C15H22N4O/c1-17-7-6-14(15(17)20)19-10-8-18(9-11-19)13-5-3-2-4-12(13)16/h2-5,14H,6-11,16H2,1H3. The van der Waals surface area contributed by atoms with Crippen LogP contribution in [0.4, 0.5) is 11.4 Å². The first kappa shape index (κ1) is 13.2. The second-order valence-electron chi connectivity index (χ2n) is 5.65. The molecule has 3 rings (SSSR count). The number of para-hydroxylation sites is 2. The summed E-state index contributed by atoms with van der Waals surface area (Å²) >= 11 is 0. The molecule has 1 amide bonds. The predicted molar refractivity (Wildman–Crippen MR) is 80.7 cm³/mol. The Morgan fingerprint density at radius 2 is 1.80 bits per heavy atom. The van der Waals surface area contributed by atoms with Crippen LogP contribution >= 0.6 is 0 Å². The van der Waals surface area contributed by atoms with Crippen molar-refractivity contribution in [2.45, 2.75) is 12.5 Å². The van der Waals surface area contributed by atoms with Crippen molar-refractivity contribution in [1.29, 1.82) is 0 Å². The van der Waals surface area contributed by atoms with Gasteiger partial charge in [0.1, 0.15) is 0 Å². The van der Waals surface area contributed by atoms with Gasteiger partial charge in [-0.1, -0.05) is 12.1 Å². The predicted octanol–water partition coefficient (Wildman–Crippen LogP) is 0.621. The van der Waals surface area contributed by atoms with E-state index >= 15 is 0 Å². The summed E-state index contributed by atoms with van der Waals surface area (Å²) in [5.41, 5.74) is 7.98. The smallest absolute Gasteiger partial charge is 0.239 e. The highest BCUT2D eigenvalue weighted by molar-refractivity contribution is 5.83. The topological polar surface area (TPSA) is 52.8 Å². The Hall–Kier alpha value is -1.75. The van der Waals surface area contributed by atoms with Gasteiger partial charge in [0.25, 0.3) is 0 Å². The number of amides is 1. The Balaban J connectivity index is 1.63. The molecule has 0 aromatic heterocycles. The highest BCUT2D eigenvalue weighted by atomic mass is 16.2. The molecular formula is C15H22N4O. The van der Waals surface area contributed by atoms with E-state index in [-0.39, 0.29) is 11.9 Å². The molecule has 0 aliphatic carbocycles. The third-order valence-corrected chi connectivity index (χ3v) is 4.43. The number of nitrogens with two attached hydrogens (primary N) is 1. The zero-order chi connectivity index (χ0) is 14.1. The summed E-state index contributed by atoms with van der Waals surface area (Å²) in [5, 5.41) is 0. The van der Waals surface area contributed by atoms with Gasteiger partial charge in [0.2, 0.25) is 5.91 Å². The molecule has 2 heterocycles. The molecule has 20 heavy (non-hydrogen) atoms. The summed E-state index contributed by atoms with van der Waals surface area (Å²) in [6.45, 7) is 4.61. The number of likely N-dealkylation sites (N-methyl/N-ethyl adjacent to an activating group) is 1. The third-order valence-electron chi connectivity index (χ3n) is 4.43. The van der Waals surface area contributed by atoms with Crippen LogP contribution in [0, 0.1) is 0 Å². The molecule has 2 N–H and O–H groups in total. The molecule has 1 aromatic carbocycles. The Morgan fingerprint density at radius 3 is 2.40 bits per heavy atom. The molecule has 0 radical (unpaired) electrons. The highest BCUT2D eigenvalue weighted by Gasteiger charge is 2.35. The molecule has 2 fully saturated rings. The number of anilines is 2. The second kappa shape index (κ2) is 5.32. The fourth-order valence-electron chi connectivity index (χ4n) is 3.19. The van der Waals surface area contributed by atoms with Gasteiger partial charge in [-0.3, -0.25) is 9.69 Å². The summed E-state index contributed by atoms with van der Waals surface area (Å²) in [7, 11) is 1.89. The molecule has 0 bridgehead atoms. The molecule has 0 spiro atoms. The molecule has 5 heteroatoms. The minimum absolute atomic E-state index is 0.0928. The minimum Gasteiger partial charge on any atom is -0.397 e. The van der Waals surface area contributed by atoms with Gasteiger partial charge >= 0.3 is 0 Å². The van der Waals surface area contributed by atoms with E-state index in [1.165, 1.54) is 0 Å². The number of piperazine rings is 1. The number of carbonyl (C=O) groups excluding carboxylic acids is 1. The van der Waals surface area contributed by atoms with E-state index in [4.69, 9.17) is 5.73 Å². The molecule has 0 saturated carbocycles. The van der Waals surface area contributed by atoms with Crippen molar-refractivity contribution in [2.24, 2.45) is 0 Å². The van der Waals surface area contributed by atoms with Crippen LogP contribution in [-0.2, 0) is 4.79 Å². The summed E-state index contributed by atoms with van der Waals surface area (Å²) in [6, 6.07) is 8.09. The fourth-order valence-corrected chi connectivity index (χ4v) is 3.19. The number of carbonyl (C=O) groups is 1. The van der Waals surface area contributed by atoms with Gasteiger partial charge in [-0.25, -0.2) is 0 Å².